The molecule has 6 nitrogen and oxygen atoms in total. The van der Waals surface area contributed by atoms with Crippen LogP contribution in [0.4, 0.5) is 11.5 Å². The molecule has 0 atom stereocenters. The Labute approximate surface area is 111 Å². The van der Waals surface area contributed by atoms with E-state index in [0.29, 0.717) is 11.5 Å². The molecule has 1 aromatic carbocycles. The summed E-state index contributed by atoms with van der Waals surface area (Å²) in [7, 11) is 1.85. The summed E-state index contributed by atoms with van der Waals surface area (Å²) >= 11 is 0. The van der Waals surface area contributed by atoms with Crippen LogP contribution in [0.25, 0.3) is 0 Å². The number of aromatic nitrogens is 2. The monoisotopic (exact) mass is 257 g/mol. The van der Waals surface area contributed by atoms with Gasteiger partial charge in [0.15, 0.2) is 17.3 Å². The van der Waals surface area contributed by atoms with Gasteiger partial charge in [0, 0.05) is 25.1 Å². The van der Waals surface area contributed by atoms with Gasteiger partial charge in [-0.15, -0.1) is 0 Å². The number of aryl methyl sites for hydroxylation is 1. The second-order valence-corrected chi connectivity index (χ2v) is 4.11. The molecule has 0 spiro atoms. The zero-order chi connectivity index (χ0) is 13.8. The van der Waals surface area contributed by atoms with Crippen LogP contribution in [0.3, 0.4) is 0 Å². The molecular weight excluding hydrogens is 242 g/mol. The molecule has 0 saturated carbocycles. The van der Waals surface area contributed by atoms with Crippen LogP contribution in [0, 0.1) is 6.92 Å². The first-order valence-electron chi connectivity index (χ1n) is 5.73. The van der Waals surface area contributed by atoms with Gasteiger partial charge in [0.25, 0.3) is 0 Å². The first-order valence-corrected chi connectivity index (χ1v) is 5.73. The van der Waals surface area contributed by atoms with Gasteiger partial charge < -0.3 is 15.8 Å². The summed E-state index contributed by atoms with van der Waals surface area (Å²) in [6.07, 6.45) is 3.06. The molecule has 2 aromatic rings. The predicted octanol–water partition coefficient (Wildman–Crippen LogP) is 1.65. The van der Waals surface area contributed by atoms with Crippen molar-refractivity contribution in [2.24, 2.45) is 10.9 Å². The number of oxime groups is 1. The van der Waals surface area contributed by atoms with E-state index < -0.39 is 0 Å². The summed E-state index contributed by atoms with van der Waals surface area (Å²) in [5, 5.41) is 11.8. The first kappa shape index (κ1) is 12.8. The van der Waals surface area contributed by atoms with E-state index in [1.807, 2.05) is 43.1 Å². The lowest BCUT2D eigenvalue weighted by Crippen LogP contribution is -2.22. The van der Waals surface area contributed by atoms with Crippen molar-refractivity contribution in [3.05, 3.63) is 47.9 Å². The fraction of sp³-hybridized carbons (Fsp3) is 0.154. The highest BCUT2D eigenvalue weighted by molar-refractivity contribution is 6.00. The summed E-state index contributed by atoms with van der Waals surface area (Å²) in [6.45, 7) is 2.02. The van der Waals surface area contributed by atoms with Crippen LogP contribution < -0.4 is 10.6 Å². The smallest absolute Gasteiger partial charge is 0.192 e. The summed E-state index contributed by atoms with van der Waals surface area (Å²) < 4.78 is 0. The molecule has 2 rings (SSSR count). The molecule has 6 heteroatoms. The number of anilines is 2. The summed E-state index contributed by atoms with van der Waals surface area (Å²) in [5.74, 6) is 0.462. The summed E-state index contributed by atoms with van der Waals surface area (Å²) in [6, 6.07) is 7.96. The maximum atomic E-state index is 8.78. The molecule has 0 aliphatic heterocycles. The fourth-order valence-electron chi connectivity index (χ4n) is 1.69. The average Bonchev–Trinajstić information content (AvgIpc) is 2.46. The van der Waals surface area contributed by atoms with E-state index in [1.54, 1.807) is 6.20 Å². The van der Waals surface area contributed by atoms with Crippen molar-refractivity contribution >= 4 is 17.3 Å². The molecule has 0 amide bonds. The standard InChI is InChI=1S/C13H15N5O/c1-9-3-5-10(6-4-9)18(2)13-11(12(14)17-19)15-7-8-16-13/h3-8,19H,1-2H3,(H2,14,17). The fourth-order valence-corrected chi connectivity index (χ4v) is 1.69. The maximum absolute atomic E-state index is 8.78. The molecule has 0 fully saturated rings. The van der Waals surface area contributed by atoms with Crippen LogP contribution in [-0.4, -0.2) is 28.1 Å². The predicted molar refractivity (Wildman–Crippen MR) is 73.8 cm³/mol. The lowest BCUT2D eigenvalue weighted by atomic mass is 10.2. The zero-order valence-corrected chi connectivity index (χ0v) is 10.8. The largest absolute Gasteiger partial charge is 0.409 e. The number of hydrogen-bond donors (Lipinski definition) is 2. The Morgan fingerprint density at radius 3 is 2.47 bits per heavy atom. The highest BCUT2D eigenvalue weighted by atomic mass is 16.4. The van der Waals surface area contributed by atoms with Crippen LogP contribution in [0.2, 0.25) is 0 Å². The summed E-state index contributed by atoms with van der Waals surface area (Å²) in [4.78, 5) is 10.2. The van der Waals surface area contributed by atoms with E-state index in [0.717, 1.165) is 5.69 Å². The van der Waals surface area contributed by atoms with E-state index >= 15 is 0 Å². The molecule has 0 radical (unpaired) electrons. The SMILES string of the molecule is Cc1ccc(N(C)c2nccnc2C(N)=NO)cc1. The molecule has 1 heterocycles. The number of nitrogens with zero attached hydrogens (tertiary/aromatic N) is 4. The number of nitrogens with two attached hydrogens (primary N) is 1. The number of rotatable bonds is 3. The molecule has 0 saturated heterocycles. The Hall–Kier alpha value is -2.63. The van der Waals surface area contributed by atoms with Gasteiger partial charge in [-0.3, -0.25) is 0 Å². The topological polar surface area (TPSA) is 87.6 Å². The van der Waals surface area contributed by atoms with Crippen LogP contribution in [0.15, 0.2) is 41.8 Å². The van der Waals surface area contributed by atoms with E-state index in [-0.39, 0.29) is 5.84 Å². The van der Waals surface area contributed by atoms with Gasteiger partial charge in [-0.1, -0.05) is 22.9 Å². The lowest BCUT2D eigenvalue weighted by molar-refractivity contribution is 0.318. The van der Waals surface area contributed by atoms with Crippen molar-refractivity contribution in [2.75, 3.05) is 11.9 Å². The van der Waals surface area contributed by atoms with Crippen molar-refractivity contribution in [3.8, 4) is 0 Å². The molecule has 19 heavy (non-hydrogen) atoms. The highest BCUT2D eigenvalue weighted by Gasteiger charge is 2.14. The van der Waals surface area contributed by atoms with Crippen molar-refractivity contribution < 1.29 is 5.21 Å². The van der Waals surface area contributed by atoms with Gasteiger partial charge in [0.05, 0.1) is 0 Å². The minimum atomic E-state index is -0.0675. The van der Waals surface area contributed by atoms with Crippen molar-refractivity contribution in [1.82, 2.24) is 9.97 Å². The van der Waals surface area contributed by atoms with Gasteiger partial charge in [-0.25, -0.2) is 9.97 Å². The molecule has 0 bridgehead atoms. The number of benzene rings is 1. The Balaban J connectivity index is 2.44. The van der Waals surface area contributed by atoms with E-state index in [4.69, 9.17) is 10.9 Å². The third kappa shape index (κ3) is 2.62. The number of hydrogen-bond acceptors (Lipinski definition) is 5. The normalized spacial score (nSPS) is 11.4. The molecule has 0 unspecified atom stereocenters. The van der Waals surface area contributed by atoms with Crippen LogP contribution in [0.5, 0.6) is 0 Å². The minimum absolute atomic E-state index is 0.0675. The molecule has 3 N–H and O–H groups in total. The second-order valence-electron chi connectivity index (χ2n) is 4.11. The Morgan fingerprint density at radius 2 is 1.84 bits per heavy atom. The minimum Gasteiger partial charge on any atom is -0.409 e. The van der Waals surface area contributed by atoms with Crippen LogP contribution in [-0.2, 0) is 0 Å². The van der Waals surface area contributed by atoms with Gasteiger partial charge in [-0.2, -0.15) is 0 Å². The molecule has 0 aliphatic carbocycles. The lowest BCUT2D eigenvalue weighted by Gasteiger charge is -2.20. The van der Waals surface area contributed by atoms with Gasteiger partial charge >= 0.3 is 0 Å². The summed E-state index contributed by atoms with van der Waals surface area (Å²) in [5.41, 5.74) is 8.06. The van der Waals surface area contributed by atoms with E-state index in [9.17, 15) is 0 Å². The van der Waals surface area contributed by atoms with Crippen LogP contribution in [0.1, 0.15) is 11.3 Å². The average molecular weight is 257 g/mol. The zero-order valence-electron chi connectivity index (χ0n) is 10.8. The molecular formula is C13H15N5O. The quantitative estimate of drug-likeness (QED) is 0.378. The van der Waals surface area contributed by atoms with Gasteiger partial charge in [0.1, 0.15) is 0 Å². The molecule has 0 aliphatic rings. The Bertz CT molecular complexity index is 594. The van der Waals surface area contributed by atoms with E-state index in [1.165, 1.54) is 11.8 Å². The highest BCUT2D eigenvalue weighted by Crippen LogP contribution is 2.23. The van der Waals surface area contributed by atoms with Gasteiger partial charge in [0.2, 0.25) is 0 Å². The van der Waals surface area contributed by atoms with Gasteiger partial charge in [-0.05, 0) is 19.1 Å². The van der Waals surface area contributed by atoms with Crippen molar-refractivity contribution in [2.45, 2.75) is 6.92 Å². The van der Waals surface area contributed by atoms with E-state index in [2.05, 4.69) is 15.1 Å². The van der Waals surface area contributed by atoms with Crippen LogP contribution >= 0.6 is 0 Å². The van der Waals surface area contributed by atoms with Crippen molar-refractivity contribution in [1.29, 1.82) is 0 Å². The second kappa shape index (κ2) is 5.34. The van der Waals surface area contributed by atoms with Crippen molar-refractivity contribution in [3.63, 3.8) is 0 Å². The molecule has 1 aromatic heterocycles. The number of amidine groups is 1. The Morgan fingerprint density at radius 1 is 1.21 bits per heavy atom. The maximum Gasteiger partial charge on any atom is 0.192 e. The first-order chi connectivity index (χ1) is 9.13. The third-order valence-electron chi connectivity index (χ3n) is 2.77. The molecule has 98 valence electrons. The third-order valence-corrected chi connectivity index (χ3v) is 2.77. The Kier molecular flexibility index (Phi) is 3.61.